The first-order valence-electron chi connectivity index (χ1n) is 5.77. The molecule has 1 atom stereocenters. The lowest BCUT2D eigenvalue weighted by Crippen LogP contribution is -2.29. The SMILES string of the molecule is CCC(CN)CN(C)c1ccccc1OC. The predicted octanol–water partition coefficient (Wildman–Crippen LogP) is 2.12. The van der Waals surface area contributed by atoms with Gasteiger partial charge in [-0.25, -0.2) is 0 Å². The van der Waals surface area contributed by atoms with Crippen LogP contribution in [0.4, 0.5) is 5.69 Å². The average molecular weight is 222 g/mol. The molecule has 3 heteroatoms. The van der Waals surface area contributed by atoms with Crippen LogP contribution in [0, 0.1) is 5.92 Å². The average Bonchev–Trinajstić information content (AvgIpc) is 2.35. The summed E-state index contributed by atoms with van der Waals surface area (Å²) < 4.78 is 5.34. The van der Waals surface area contributed by atoms with E-state index in [0.29, 0.717) is 5.92 Å². The molecule has 1 aromatic carbocycles. The second-order valence-corrected chi connectivity index (χ2v) is 4.06. The molecule has 0 fully saturated rings. The van der Waals surface area contributed by atoms with E-state index in [9.17, 15) is 0 Å². The van der Waals surface area contributed by atoms with E-state index >= 15 is 0 Å². The molecule has 0 spiro atoms. The van der Waals surface area contributed by atoms with Gasteiger partial charge < -0.3 is 15.4 Å². The summed E-state index contributed by atoms with van der Waals surface area (Å²) >= 11 is 0. The molecule has 0 radical (unpaired) electrons. The molecule has 0 saturated carbocycles. The molecule has 1 rings (SSSR count). The van der Waals surface area contributed by atoms with E-state index < -0.39 is 0 Å². The first kappa shape index (κ1) is 12.8. The molecule has 0 bridgehead atoms. The van der Waals surface area contributed by atoms with Crippen molar-refractivity contribution in [1.29, 1.82) is 0 Å². The van der Waals surface area contributed by atoms with E-state index in [1.54, 1.807) is 7.11 Å². The Morgan fingerprint density at radius 1 is 1.38 bits per heavy atom. The second kappa shape index (κ2) is 6.38. The molecule has 3 nitrogen and oxygen atoms in total. The van der Waals surface area contributed by atoms with Crippen molar-refractivity contribution < 1.29 is 4.74 Å². The summed E-state index contributed by atoms with van der Waals surface area (Å²) in [6.45, 7) is 3.87. The first-order chi connectivity index (χ1) is 7.72. The molecule has 16 heavy (non-hydrogen) atoms. The van der Waals surface area contributed by atoms with Crippen molar-refractivity contribution >= 4 is 5.69 Å². The normalized spacial score (nSPS) is 12.2. The molecule has 2 N–H and O–H groups in total. The smallest absolute Gasteiger partial charge is 0.142 e. The third kappa shape index (κ3) is 3.14. The Hall–Kier alpha value is -1.22. The summed E-state index contributed by atoms with van der Waals surface area (Å²) in [5.41, 5.74) is 6.84. The van der Waals surface area contributed by atoms with Crippen LogP contribution in [-0.4, -0.2) is 27.2 Å². The Labute approximate surface area is 98.2 Å². The summed E-state index contributed by atoms with van der Waals surface area (Å²) in [5, 5.41) is 0. The lowest BCUT2D eigenvalue weighted by molar-refractivity contribution is 0.413. The van der Waals surface area contributed by atoms with Gasteiger partial charge in [-0.15, -0.1) is 0 Å². The van der Waals surface area contributed by atoms with Gasteiger partial charge in [-0.3, -0.25) is 0 Å². The number of rotatable bonds is 6. The number of ether oxygens (including phenoxy) is 1. The molecule has 0 aromatic heterocycles. The molecule has 1 unspecified atom stereocenters. The van der Waals surface area contributed by atoms with Crippen molar-refractivity contribution in [2.75, 3.05) is 32.1 Å². The summed E-state index contributed by atoms with van der Waals surface area (Å²) in [6, 6.07) is 8.06. The minimum Gasteiger partial charge on any atom is -0.495 e. The van der Waals surface area contributed by atoms with Crippen molar-refractivity contribution in [2.24, 2.45) is 11.7 Å². The summed E-state index contributed by atoms with van der Waals surface area (Å²) in [5.74, 6) is 1.45. The van der Waals surface area contributed by atoms with Crippen molar-refractivity contribution in [1.82, 2.24) is 0 Å². The minimum absolute atomic E-state index is 0.537. The van der Waals surface area contributed by atoms with Gasteiger partial charge in [-0.05, 0) is 24.6 Å². The number of hydrogen-bond acceptors (Lipinski definition) is 3. The maximum atomic E-state index is 5.72. The fourth-order valence-corrected chi connectivity index (χ4v) is 1.80. The summed E-state index contributed by atoms with van der Waals surface area (Å²) in [6.07, 6.45) is 1.11. The Bertz CT molecular complexity index is 311. The zero-order valence-corrected chi connectivity index (χ0v) is 10.4. The highest BCUT2D eigenvalue weighted by Gasteiger charge is 2.11. The molecular weight excluding hydrogens is 200 g/mol. The molecule has 0 aliphatic carbocycles. The zero-order valence-electron chi connectivity index (χ0n) is 10.4. The number of anilines is 1. The van der Waals surface area contributed by atoms with Crippen molar-refractivity contribution in [3.8, 4) is 5.75 Å². The lowest BCUT2D eigenvalue weighted by atomic mass is 10.1. The van der Waals surface area contributed by atoms with Gasteiger partial charge in [-0.1, -0.05) is 25.5 Å². The van der Waals surface area contributed by atoms with E-state index in [-0.39, 0.29) is 0 Å². The summed E-state index contributed by atoms with van der Waals surface area (Å²) in [7, 11) is 3.78. The molecule has 0 aliphatic rings. The Balaban J connectivity index is 2.75. The number of nitrogens with zero attached hydrogens (tertiary/aromatic N) is 1. The molecular formula is C13H22N2O. The predicted molar refractivity (Wildman–Crippen MR) is 69.1 cm³/mol. The second-order valence-electron chi connectivity index (χ2n) is 4.06. The highest BCUT2D eigenvalue weighted by Crippen LogP contribution is 2.27. The van der Waals surface area contributed by atoms with Crippen LogP contribution in [0.15, 0.2) is 24.3 Å². The molecule has 0 aliphatic heterocycles. The van der Waals surface area contributed by atoms with Gasteiger partial charge in [-0.2, -0.15) is 0 Å². The van der Waals surface area contributed by atoms with Gasteiger partial charge in [0.05, 0.1) is 12.8 Å². The standard InChI is InChI=1S/C13H22N2O/c1-4-11(9-14)10-15(2)12-7-5-6-8-13(12)16-3/h5-8,11H,4,9-10,14H2,1-3H3. The minimum atomic E-state index is 0.537. The fraction of sp³-hybridized carbons (Fsp3) is 0.538. The monoisotopic (exact) mass is 222 g/mol. The first-order valence-corrected chi connectivity index (χ1v) is 5.77. The van der Waals surface area contributed by atoms with Gasteiger partial charge in [0, 0.05) is 13.6 Å². The van der Waals surface area contributed by atoms with E-state index in [2.05, 4.69) is 24.9 Å². The van der Waals surface area contributed by atoms with Crippen LogP contribution in [0.2, 0.25) is 0 Å². The number of methoxy groups -OCH3 is 1. The summed E-state index contributed by atoms with van der Waals surface area (Å²) in [4.78, 5) is 2.21. The Kier molecular flexibility index (Phi) is 5.12. The Morgan fingerprint density at radius 3 is 2.62 bits per heavy atom. The van der Waals surface area contributed by atoms with E-state index in [4.69, 9.17) is 10.5 Å². The van der Waals surface area contributed by atoms with Gasteiger partial charge in [0.15, 0.2) is 0 Å². The highest BCUT2D eigenvalue weighted by atomic mass is 16.5. The van der Waals surface area contributed by atoms with Crippen LogP contribution in [-0.2, 0) is 0 Å². The van der Waals surface area contributed by atoms with Gasteiger partial charge in [0.1, 0.15) is 5.75 Å². The number of hydrogen-bond donors (Lipinski definition) is 1. The Morgan fingerprint density at radius 2 is 2.06 bits per heavy atom. The third-order valence-electron chi connectivity index (χ3n) is 2.94. The van der Waals surface area contributed by atoms with Crippen molar-refractivity contribution in [2.45, 2.75) is 13.3 Å². The highest BCUT2D eigenvalue weighted by molar-refractivity contribution is 5.57. The largest absolute Gasteiger partial charge is 0.495 e. The molecule has 0 saturated heterocycles. The molecule has 0 heterocycles. The van der Waals surface area contributed by atoms with E-state index in [0.717, 1.165) is 30.9 Å². The molecule has 90 valence electrons. The van der Waals surface area contributed by atoms with Crippen LogP contribution < -0.4 is 15.4 Å². The van der Waals surface area contributed by atoms with Crippen LogP contribution in [0.25, 0.3) is 0 Å². The van der Waals surface area contributed by atoms with Crippen LogP contribution in [0.1, 0.15) is 13.3 Å². The number of nitrogens with two attached hydrogens (primary N) is 1. The van der Waals surface area contributed by atoms with Crippen molar-refractivity contribution in [3.05, 3.63) is 24.3 Å². The van der Waals surface area contributed by atoms with Crippen LogP contribution >= 0.6 is 0 Å². The quantitative estimate of drug-likeness (QED) is 0.801. The van der Waals surface area contributed by atoms with E-state index in [1.165, 1.54) is 0 Å². The van der Waals surface area contributed by atoms with Gasteiger partial charge >= 0.3 is 0 Å². The molecule has 1 aromatic rings. The fourth-order valence-electron chi connectivity index (χ4n) is 1.80. The maximum absolute atomic E-state index is 5.72. The van der Waals surface area contributed by atoms with E-state index in [1.807, 2.05) is 18.2 Å². The third-order valence-corrected chi connectivity index (χ3v) is 2.94. The lowest BCUT2D eigenvalue weighted by Gasteiger charge is -2.25. The topological polar surface area (TPSA) is 38.5 Å². The number of para-hydroxylation sites is 2. The maximum Gasteiger partial charge on any atom is 0.142 e. The van der Waals surface area contributed by atoms with Gasteiger partial charge in [0.2, 0.25) is 0 Å². The zero-order chi connectivity index (χ0) is 12.0. The number of benzene rings is 1. The van der Waals surface area contributed by atoms with Crippen LogP contribution in [0.3, 0.4) is 0 Å². The van der Waals surface area contributed by atoms with Crippen LogP contribution in [0.5, 0.6) is 5.75 Å². The van der Waals surface area contributed by atoms with Gasteiger partial charge in [0.25, 0.3) is 0 Å². The van der Waals surface area contributed by atoms with Crippen molar-refractivity contribution in [3.63, 3.8) is 0 Å². The molecule has 0 amide bonds.